The molecule has 134 valence electrons. The lowest BCUT2D eigenvalue weighted by Gasteiger charge is -2.14. The van der Waals surface area contributed by atoms with E-state index >= 15 is 0 Å². The summed E-state index contributed by atoms with van der Waals surface area (Å²) in [6.07, 6.45) is 1.89. The van der Waals surface area contributed by atoms with Crippen LogP contribution in [-0.4, -0.2) is 40.1 Å². The third-order valence-electron chi connectivity index (χ3n) is 4.09. The number of aromatic nitrogens is 3. The van der Waals surface area contributed by atoms with Gasteiger partial charge >= 0.3 is 0 Å². The molecule has 3 aromatic rings. The highest BCUT2D eigenvalue weighted by Crippen LogP contribution is 2.24. The third kappa shape index (κ3) is 3.94. The number of hydrogen-bond acceptors (Lipinski definition) is 4. The van der Waals surface area contributed by atoms with E-state index in [-0.39, 0.29) is 18.1 Å². The molecule has 26 heavy (non-hydrogen) atoms. The van der Waals surface area contributed by atoms with Crippen molar-refractivity contribution in [3.63, 3.8) is 0 Å². The van der Waals surface area contributed by atoms with Crippen molar-refractivity contribution in [1.82, 2.24) is 20.1 Å². The van der Waals surface area contributed by atoms with Crippen molar-refractivity contribution in [2.75, 3.05) is 14.1 Å². The Hall–Kier alpha value is -3.06. The van der Waals surface area contributed by atoms with Crippen molar-refractivity contribution in [1.29, 1.82) is 0 Å². The summed E-state index contributed by atoms with van der Waals surface area (Å²) in [5.41, 5.74) is 9.89. The molecule has 7 heteroatoms. The van der Waals surface area contributed by atoms with Gasteiger partial charge in [0.2, 0.25) is 5.91 Å². The first kappa shape index (κ1) is 17.8. The molecule has 2 heterocycles. The van der Waals surface area contributed by atoms with Crippen LogP contribution >= 0.6 is 0 Å². The van der Waals surface area contributed by atoms with E-state index in [9.17, 15) is 9.18 Å². The second kappa shape index (κ2) is 7.45. The third-order valence-corrected chi connectivity index (χ3v) is 4.09. The van der Waals surface area contributed by atoms with Crippen LogP contribution in [0.5, 0.6) is 0 Å². The lowest BCUT2D eigenvalue weighted by atomic mass is 10.1. The molecule has 1 unspecified atom stereocenters. The Morgan fingerprint density at radius 2 is 1.88 bits per heavy atom. The molecular formula is C19H20FN5O. The molecule has 3 rings (SSSR count). The van der Waals surface area contributed by atoms with Crippen LogP contribution < -0.4 is 5.73 Å². The van der Waals surface area contributed by atoms with Gasteiger partial charge in [-0.15, -0.1) is 0 Å². The van der Waals surface area contributed by atoms with Gasteiger partial charge in [-0.3, -0.25) is 14.9 Å². The molecule has 0 spiro atoms. The number of rotatable bonds is 5. The molecule has 2 aromatic heterocycles. The fraction of sp³-hybridized carbons (Fsp3) is 0.211. The Labute approximate surface area is 150 Å². The minimum absolute atomic E-state index is 0.0420. The number of carbonyl (C=O) groups excluding carboxylic acids is 1. The van der Waals surface area contributed by atoms with Crippen LogP contribution in [0.25, 0.3) is 22.5 Å². The van der Waals surface area contributed by atoms with E-state index in [1.807, 2.05) is 12.1 Å². The highest BCUT2D eigenvalue weighted by Gasteiger charge is 2.15. The molecule has 0 radical (unpaired) electrons. The number of pyridine rings is 1. The lowest BCUT2D eigenvalue weighted by Crippen LogP contribution is -2.26. The fourth-order valence-corrected chi connectivity index (χ4v) is 2.50. The van der Waals surface area contributed by atoms with Crippen LogP contribution in [0.15, 0.2) is 48.7 Å². The summed E-state index contributed by atoms with van der Waals surface area (Å²) in [6.45, 7) is 0. The fourth-order valence-electron chi connectivity index (χ4n) is 2.50. The Bertz CT molecular complexity index is 887. The molecule has 0 bridgehead atoms. The van der Waals surface area contributed by atoms with E-state index in [2.05, 4.69) is 15.2 Å². The Balaban J connectivity index is 1.75. The van der Waals surface area contributed by atoms with Gasteiger partial charge in [-0.2, -0.15) is 5.10 Å². The summed E-state index contributed by atoms with van der Waals surface area (Å²) in [4.78, 5) is 17.6. The summed E-state index contributed by atoms with van der Waals surface area (Å²) >= 11 is 0. The number of nitrogens with one attached hydrogen (secondary N) is 1. The number of amides is 1. The van der Waals surface area contributed by atoms with Crippen LogP contribution in [0.2, 0.25) is 0 Å². The van der Waals surface area contributed by atoms with Crippen molar-refractivity contribution in [2.24, 2.45) is 5.73 Å². The lowest BCUT2D eigenvalue weighted by molar-refractivity contribution is -0.129. The summed E-state index contributed by atoms with van der Waals surface area (Å²) in [7, 11) is 3.39. The number of H-pyrrole nitrogens is 1. The van der Waals surface area contributed by atoms with Crippen molar-refractivity contribution in [3.05, 3.63) is 60.2 Å². The van der Waals surface area contributed by atoms with Crippen LogP contribution in [0.3, 0.4) is 0 Å². The maximum Gasteiger partial charge on any atom is 0.224 e. The SMILES string of the molecule is CN(C)C(=O)CC(N)c1ccc(-c2cc(-c3ccc(F)cc3)[nH]n2)cn1. The van der Waals surface area contributed by atoms with Gasteiger partial charge in [-0.1, -0.05) is 0 Å². The predicted octanol–water partition coefficient (Wildman–Crippen LogP) is 2.76. The number of hydrogen-bond donors (Lipinski definition) is 2. The van der Waals surface area contributed by atoms with E-state index < -0.39 is 6.04 Å². The topological polar surface area (TPSA) is 87.9 Å². The average molecular weight is 353 g/mol. The van der Waals surface area contributed by atoms with Crippen LogP contribution in [0.1, 0.15) is 18.2 Å². The first-order chi connectivity index (χ1) is 12.4. The molecule has 0 saturated heterocycles. The molecule has 1 amide bonds. The summed E-state index contributed by atoms with van der Waals surface area (Å²) in [5.74, 6) is -0.322. The Morgan fingerprint density at radius 1 is 1.19 bits per heavy atom. The summed E-state index contributed by atoms with van der Waals surface area (Å²) in [5, 5.41) is 7.22. The maximum absolute atomic E-state index is 13.0. The van der Waals surface area contributed by atoms with Crippen molar-refractivity contribution in [3.8, 4) is 22.5 Å². The number of halogens is 1. The molecule has 1 atom stereocenters. The maximum atomic E-state index is 13.0. The van der Waals surface area contributed by atoms with Gasteiger partial charge in [0, 0.05) is 32.3 Å². The predicted molar refractivity (Wildman–Crippen MR) is 97.5 cm³/mol. The van der Waals surface area contributed by atoms with Gasteiger partial charge in [-0.25, -0.2) is 4.39 Å². The monoisotopic (exact) mass is 353 g/mol. The van der Waals surface area contributed by atoms with Crippen molar-refractivity contribution >= 4 is 5.91 Å². The first-order valence-electron chi connectivity index (χ1n) is 8.17. The first-order valence-corrected chi connectivity index (χ1v) is 8.17. The average Bonchev–Trinajstić information content (AvgIpc) is 3.12. The van der Waals surface area contributed by atoms with Crippen molar-refractivity contribution < 1.29 is 9.18 Å². The minimum atomic E-state index is -0.451. The van der Waals surface area contributed by atoms with Crippen LogP contribution in [0.4, 0.5) is 4.39 Å². The summed E-state index contributed by atoms with van der Waals surface area (Å²) in [6, 6.07) is 11.3. The van der Waals surface area contributed by atoms with Gasteiger partial charge in [0.05, 0.1) is 23.1 Å². The van der Waals surface area contributed by atoms with E-state index in [0.29, 0.717) is 5.69 Å². The number of nitrogens with two attached hydrogens (primary N) is 1. The largest absolute Gasteiger partial charge is 0.349 e. The molecule has 0 aliphatic rings. The van der Waals surface area contributed by atoms with Crippen LogP contribution in [0, 0.1) is 5.82 Å². The molecule has 3 N–H and O–H groups in total. The number of aromatic amines is 1. The van der Waals surface area contributed by atoms with E-state index in [0.717, 1.165) is 22.5 Å². The summed E-state index contributed by atoms with van der Waals surface area (Å²) < 4.78 is 13.0. The van der Waals surface area contributed by atoms with Gasteiger partial charge in [0.1, 0.15) is 5.82 Å². The normalized spacial score (nSPS) is 12.0. The van der Waals surface area contributed by atoms with Crippen LogP contribution in [-0.2, 0) is 4.79 Å². The number of nitrogens with zero attached hydrogens (tertiary/aromatic N) is 3. The molecular weight excluding hydrogens is 333 g/mol. The van der Waals surface area contributed by atoms with Crippen molar-refractivity contribution in [2.45, 2.75) is 12.5 Å². The zero-order valence-electron chi connectivity index (χ0n) is 14.6. The molecule has 1 aromatic carbocycles. The quantitative estimate of drug-likeness (QED) is 0.738. The number of carbonyl (C=O) groups is 1. The molecule has 0 fully saturated rings. The Morgan fingerprint density at radius 3 is 2.50 bits per heavy atom. The van der Waals surface area contributed by atoms with Gasteiger partial charge in [0.25, 0.3) is 0 Å². The molecule has 0 saturated carbocycles. The Kier molecular flexibility index (Phi) is 5.09. The van der Waals surface area contributed by atoms with E-state index in [1.165, 1.54) is 17.0 Å². The smallest absolute Gasteiger partial charge is 0.224 e. The standard InChI is InChI=1S/C19H20FN5O/c1-25(2)19(26)9-15(21)16-8-5-13(11-22-16)18-10-17(23-24-18)12-3-6-14(20)7-4-12/h3-8,10-11,15H,9,21H2,1-2H3,(H,23,24). The highest BCUT2D eigenvalue weighted by atomic mass is 19.1. The number of benzene rings is 1. The zero-order valence-corrected chi connectivity index (χ0v) is 14.6. The second-order valence-corrected chi connectivity index (χ2v) is 6.24. The second-order valence-electron chi connectivity index (χ2n) is 6.24. The van der Waals surface area contributed by atoms with Gasteiger partial charge < -0.3 is 10.6 Å². The highest BCUT2D eigenvalue weighted by molar-refractivity contribution is 5.76. The van der Waals surface area contributed by atoms with Gasteiger partial charge in [0.15, 0.2) is 0 Å². The van der Waals surface area contributed by atoms with E-state index in [4.69, 9.17) is 5.73 Å². The zero-order chi connectivity index (χ0) is 18.7. The molecule has 6 nitrogen and oxygen atoms in total. The van der Waals surface area contributed by atoms with E-state index in [1.54, 1.807) is 38.5 Å². The van der Waals surface area contributed by atoms with Gasteiger partial charge in [-0.05, 0) is 48.0 Å². The molecule has 0 aliphatic heterocycles. The molecule has 0 aliphatic carbocycles. The minimum Gasteiger partial charge on any atom is -0.349 e.